The lowest BCUT2D eigenvalue weighted by atomic mass is 9.96. The maximum absolute atomic E-state index is 12.3. The normalized spacial score (nSPS) is 15.1. The molecule has 1 aliphatic carbocycles. The maximum atomic E-state index is 12.3. The number of aromatic nitrogens is 2. The van der Waals surface area contributed by atoms with Crippen molar-refractivity contribution in [2.45, 2.75) is 23.4 Å². The van der Waals surface area contributed by atoms with Crippen molar-refractivity contribution in [3.8, 4) is 0 Å². The first kappa shape index (κ1) is 17.3. The SMILES string of the molecule is Cn1c(SCC(=O)NCC2(c3ccccc3)CC2)nc2sccc2c1=O. The van der Waals surface area contributed by atoms with E-state index in [0.717, 1.165) is 17.7 Å². The van der Waals surface area contributed by atoms with Crippen LogP contribution in [0.5, 0.6) is 0 Å². The van der Waals surface area contributed by atoms with E-state index in [1.165, 1.54) is 33.2 Å². The van der Waals surface area contributed by atoms with Crippen molar-refractivity contribution >= 4 is 39.2 Å². The topological polar surface area (TPSA) is 64.0 Å². The molecular weight excluding hydrogens is 366 g/mol. The highest BCUT2D eigenvalue weighted by Crippen LogP contribution is 2.47. The van der Waals surface area contributed by atoms with Crippen LogP contribution in [-0.4, -0.2) is 27.8 Å². The molecule has 0 spiro atoms. The second kappa shape index (κ2) is 6.89. The van der Waals surface area contributed by atoms with E-state index in [-0.39, 0.29) is 22.6 Å². The molecule has 1 aliphatic rings. The van der Waals surface area contributed by atoms with E-state index in [2.05, 4.69) is 22.4 Å². The van der Waals surface area contributed by atoms with Crippen LogP contribution < -0.4 is 10.9 Å². The molecule has 1 fully saturated rings. The van der Waals surface area contributed by atoms with Crippen LogP contribution in [0.15, 0.2) is 51.7 Å². The van der Waals surface area contributed by atoms with Gasteiger partial charge in [-0.1, -0.05) is 42.1 Å². The van der Waals surface area contributed by atoms with Gasteiger partial charge in [-0.05, 0) is 29.9 Å². The lowest BCUT2D eigenvalue weighted by molar-refractivity contribution is -0.118. The molecule has 0 unspecified atom stereocenters. The highest BCUT2D eigenvalue weighted by Gasteiger charge is 2.44. The smallest absolute Gasteiger partial charge is 0.262 e. The lowest BCUT2D eigenvalue weighted by Crippen LogP contribution is -2.33. The van der Waals surface area contributed by atoms with Crippen LogP contribution in [-0.2, 0) is 17.3 Å². The zero-order valence-corrected chi connectivity index (χ0v) is 16.0. The van der Waals surface area contributed by atoms with Gasteiger partial charge in [-0.3, -0.25) is 14.2 Å². The summed E-state index contributed by atoms with van der Waals surface area (Å²) in [5, 5.41) is 6.11. The van der Waals surface area contributed by atoms with Crippen molar-refractivity contribution < 1.29 is 4.79 Å². The van der Waals surface area contributed by atoms with Crippen molar-refractivity contribution in [3.05, 3.63) is 57.7 Å². The Morgan fingerprint density at radius 2 is 2.08 bits per heavy atom. The number of carbonyl (C=O) groups excluding carboxylic acids is 1. The minimum Gasteiger partial charge on any atom is -0.354 e. The number of carbonyl (C=O) groups is 1. The largest absolute Gasteiger partial charge is 0.354 e. The van der Waals surface area contributed by atoms with Gasteiger partial charge in [0.05, 0.1) is 11.1 Å². The third-order valence-electron chi connectivity index (χ3n) is 4.86. The van der Waals surface area contributed by atoms with E-state index in [9.17, 15) is 9.59 Å². The van der Waals surface area contributed by atoms with Gasteiger partial charge in [0, 0.05) is 19.0 Å². The zero-order valence-electron chi connectivity index (χ0n) is 14.4. The fourth-order valence-corrected chi connectivity index (χ4v) is 4.68. The summed E-state index contributed by atoms with van der Waals surface area (Å²) in [5.41, 5.74) is 1.32. The molecule has 2 aromatic heterocycles. The monoisotopic (exact) mass is 385 g/mol. The summed E-state index contributed by atoms with van der Waals surface area (Å²) in [5.74, 6) is 0.222. The molecule has 1 saturated carbocycles. The van der Waals surface area contributed by atoms with Gasteiger partial charge in [0.25, 0.3) is 5.56 Å². The molecule has 4 rings (SSSR count). The molecule has 0 aliphatic heterocycles. The van der Waals surface area contributed by atoms with E-state index in [1.807, 2.05) is 23.6 Å². The summed E-state index contributed by atoms with van der Waals surface area (Å²) in [6.45, 7) is 0.659. The number of fused-ring (bicyclic) bond motifs is 1. The Hall–Kier alpha value is -2.12. The van der Waals surface area contributed by atoms with Gasteiger partial charge in [-0.2, -0.15) is 0 Å². The number of thioether (sulfide) groups is 1. The summed E-state index contributed by atoms with van der Waals surface area (Å²) in [6, 6.07) is 12.1. The van der Waals surface area contributed by atoms with E-state index < -0.39 is 0 Å². The number of rotatable bonds is 6. The van der Waals surface area contributed by atoms with Crippen molar-refractivity contribution in [1.29, 1.82) is 0 Å². The summed E-state index contributed by atoms with van der Waals surface area (Å²) >= 11 is 2.74. The molecular formula is C19H19N3O2S2. The summed E-state index contributed by atoms with van der Waals surface area (Å²) in [7, 11) is 1.70. The fraction of sp³-hybridized carbons (Fsp3) is 0.316. The average Bonchev–Trinajstić information content (AvgIpc) is 3.32. The Morgan fingerprint density at radius 1 is 1.31 bits per heavy atom. The van der Waals surface area contributed by atoms with Crippen molar-refractivity contribution in [2.75, 3.05) is 12.3 Å². The molecule has 0 radical (unpaired) electrons. The predicted octanol–water partition coefficient (Wildman–Crippen LogP) is 2.94. The number of amides is 1. The third-order valence-corrected chi connectivity index (χ3v) is 6.70. The Bertz CT molecular complexity index is 1010. The minimum atomic E-state index is -0.0693. The van der Waals surface area contributed by atoms with Crippen LogP contribution in [0.4, 0.5) is 0 Å². The molecule has 7 heteroatoms. The highest BCUT2D eigenvalue weighted by molar-refractivity contribution is 7.99. The number of nitrogens with one attached hydrogen (secondary N) is 1. The van der Waals surface area contributed by atoms with Crippen LogP contribution in [0.1, 0.15) is 18.4 Å². The highest BCUT2D eigenvalue weighted by atomic mass is 32.2. The number of thiophene rings is 1. The van der Waals surface area contributed by atoms with Crippen LogP contribution in [0.25, 0.3) is 10.2 Å². The van der Waals surface area contributed by atoms with E-state index in [1.54, 1.807) is 13.1 Å². The Labute approximate surface area is 159 Å². The molecule has 1 aromatic carbocycles. The van der Waals surface area contributed by atoms with Crippen LogP contribution >= 0.6 is 23.1 Å². The predicted molar refractivity (Wildman–Crippen MR) is 106 cm³/mol. The van der Waals surface area contributed by atoms with Gasteiger partial charge >= 0.3 is 0 Å². The van der Waals surface area contributed by atoms with E-state index in [4.69, 9.17) is 0 Å². The number of benzene rings is 1. The summed E-state index contributed by atoms with van der Waals surface area (Å²) in [4.78, 5) is 29.8. The number of nitrogens with zero attached hydrogens (tertiary/aromatic N) is 2. The first-order chi connectivity index (χ1) is 12.6. The summed E-state index contributed by atoms with van der Waals surface area (Å²) in [6.07, 6.45) is 2.21. The van der Waals surface area contributed by atoms with E-state index in [0.29, 0.717) is 17.1 Å². The Morgan fingerprint density at radius 3 is 2.81 bits per heavy atom. The van der Waals surface area contributed by atoms with Gasteiger partial charge < -0.3 is 5.32 Å². The first-order valence-electron chi connectivity index (χ1n) is 8.48. The Kier molecular flexibility index (Phi) is 4.58. The summed E-state index contributed by atoms with van der Waals surface area (Å²) < 4.78 is 1.51. The molecule has 1 amide bonds. The maximum Gasteiger partial charge on any atom is 0.262 e. The number of hydrogen-bond acceptors (Lipinski definition) is 5. The van der Waals surface area contributed by atoms with Crippen LogP contribution in [0.2, 0.25) is 0 Å². The minimum absolute atomic E-state index is 0.0299. The standard InChI is InChI=1S/C19H19N3O2S2/c1-22-17(24)14-7-10-25-16(14)21-18(22)26-11-15(23)20-12-19(8-9-19)13-5-3-2-4-6-13/h2-7,10H,8-9,11-12H2,1H3,(H,20,23). The first-order valence-corrected chi connectivity index (χ1v) is 10.3. The van der Waals surface area contributed by atoms with Gasteiger partial charge in [0.15, 0.2) is 5.16 Å². The second-order valence-corrected chi connectivity index (χ2v) is 8.45. The average molecular weight is 386 g/mol. The van der Waals surface area contributed by atoms with Crippen LogP contribution in [0, 0.1) is 0 Å². The molecule has 5 nitrogen and oxygen atoms in total. The van der Waals surface area contributed by atoms with Gasteiger partial charge in [-0.25, -0.2) is 4.98 Å². The van der Waals surface area contributed by atoms with Gasteiger partial charge in [0.2, 0.25) is 5.91 Å². The molecule has 134 valence electrons. The van der Waals surface area contributed by atoms with Gasteiger partial charge in [0.1, 0.15) is 4.83 Å². The molecule has 0 saturated heterocycles. The molecule has 26 heavy (non-hydrogen) atoms. The molecule has 1 N–H and O–H groups in total. The van der Waals surface area contributed by atoms with Crippen molar-refractivity contribution in [2.24, 2.45) is 7.05 Å². The van der Waals surface area contributed by atoms with Crippen LogP contribution in [0.3, 0.4) is 0 Å². The van der Waals surface area contributed by atoms with Crippen molar-refractivity contribution in [3.63, 3.8) is 0 Å². The fourth-order valence-electron chi connectivity index (χ4n) is 3.07. The lowest BCUT2D eigenvalue weighted by Gasteiger charge is -2.16. The quantitative estimate of drug-likeness (QED) is 0.523. The third kappa shape index (κ3) is 3.29. The van der Waals surface area contributed by atoms with Crippen molar-refractivity contribution in [1.82, 2.24) is 14.9 Å². The molecule has 0 atom stereocenters. The number of hydrogen-bond donors (Lipinski definition) is 1. The molecule has 3 aromatic rings. The van der Waals surface area contributed by atoms with E-state index >= 15 is 0 Å². The molecule has 2 heterocycles. The zero-order chi connectivity index (χ0) is 18.1. The van der Waals surface area contributed by atoms with Gasteiger partial charge in [-0.15, -0.1) is 11.3 Å². The second-order valence-electron chi connectivity index (χ2n) is 6.61. The Balaban J connectivity index is 1.38. The molecule has 0 bridgehead atoms.